The van der Waals surface area contributed by atoms with Crippen molar-refractivity contribution in [3.8, 4) is 0 Å². The third kappa shape index (κ3) is 5.08. The first kappa shape index (κ1) is 17.5. The molecule has 0 radical (unpaired) electrons. The van der Waals surface area contributed by atoms with Crippen molar-refractivity contribution >= 4 is 18.0 Å². The van der Waals surface area contributed by atoms with Crippen LogP contribution in [0, 0.1) is 0 Å². The number of carbonyl (C=O) groups is 3. The van der Waals surface area contributed by atoms with E-state index in [1.54, 1.807) is 19.9 Å². The third-order valence-electron chi connectivity index (χ3n) is 2.76. The maximum atomic E-state index is 12.0. The minimum atomic E-state index is -1.12. The quantitative estimate of drug-likeness (QED) is 0.745. The molecule has 0 unspecified atom stereocenters. The van der Waals surface area contributed by atoms with Crippen LogP contribution in [-0.4, -0.2) is 42.9 Å². The first-order valence-corrected chi connectivity index (χ1v) is 6.93. The average Bonchev–Trinajstić information content (AvgIpc) is 2.47. The van der Waals surface area contributed by atoms with Gasteiger partial charge in [-0.05, 0) is 38.0 Å². The number of nitrogens with one attached hydrogen (secondary N) is 1. The predicted octanol–water partition coefficient (Wildman–Crippen LogP) is 1.85. The topological polar surface area (TPSA) is 102 Å². The second kappa shape index (κ2) is 8.66. The molecule has 0 saturated carbocycles. The lowest BCUT2D eigenvalue weighted by atomic mass is 10.0. The number of rotatable bonds is 7. The van der Waals surface area contributed by atoms with Gasteiger partial charge in [0.05, 0.1) is 24.3 Å². The molecule has 0 aliphatic carbocycles. The molecule has 7 heteroatoms. The SMILES string of the molecule is CCOC(=O)c1ccc(CCNC(=O)O)cc1C(=O)OCC. The molecule has 1 aromatic rings. The summed E-state index contributed by atoms with van der Waals surface area (Å²) in [6.45, 7) is 3.93. The molecular formula is C15H19NO6. The van der Waals surface area contributed by atoms with E-state index < -0.39 is 18.0 Å². The molecule has 2 N–H and O–H groups in total. The van der Waals surface area contributed by atoms with Crippen LogP contribution in [0.1, 0.15) is 40.1 Å². The maximum absolute atomic E-state index is 12.0. The van der Waals surface area contributed by atoms with Crippen LogP contribution in [0.3, 0.4) is 0 Å². The highest BCUT2D eigenvalue weighted by Gasteiger charge is 2.19. The third-order valence-corrected chi connectivity index (χ3v) is 2.76. The molecule has 0 aliphatic heterocycles. The van der Waals surface area contributed by atoms with Crippen LogP contribution in [0.5, 0.6) is 0 Å². The fourth-order valence-electron chi connectivity index (χ4n) is 1.83. The van der Waals surface area contributed by atoms with Gasteiger partial charge in [-0.2, -0.15) is 0 Å². The van der Waals surface area contributed by atoms with E-state index in [0.717, 1.165) is 0 Å². The Morgan fingerprint density at radius 1 is 1.05 bits per heavy atom. The van der Waals surface area contributed by atoms with Crippen LogP contribution in [0.15, 0.2) is 18.2 Å². The van der Waals surface area contributed by atoms with E-state index in [4.69, 9.17) is 14.6 Å². The van der Waals surface area contributed by atoms with E-state index in [9.17, 15) is 14.4 Å². The van der Waals surface area contributed by atoms with E-state index >= 15 is 0 Å². The van der Waals surface area contributed by atoms with Crippen LogP contribution in [0.2, 0.25) is 0 Å². The first-order chi connectivity index (χ1) is 10.5. The average molecular weight is 309 g/mol. The summed E-state index contributed by atoms with van der Waals surface area (Å²) < 4.78 is 9.85. The smallest absolute Gasteiger partial charge is 0.404 e. The number of ether oxygens (including phenoxy) is 2. The Balaban J connectivity index is 3.00. The van der Waals surface area contributed by atoms with Crippen LogP contribution in [0.4, 0.5) is 4.79 Å². The molecule has 0 heterocycles. The second-order valence-corrected chi connectivity index (χ2v) is 4.30. The molecule has 7 nitrogen and oxygen atoms in total. The minimum absolute atomic E-state index is 0.119. The van der Waals surface area contributed by atoms with Crippen molar-refractivity contribution in [2.24, 2.45) is 0 Å². The van der Waals surface area contributed by atoms with Crippen molar-refractivity contribution in [1.29, 1.82) is 0 Å². The molecule has 0 fully saturated rings. The zero-order valence-corrected chi connectivity index (χ0v) is 12.5. The van der Waals surface area contributed by atoms with Crippen LogP contribution >= 0.6 is 0 Å². The molecular weight excluding hydrogens is 290 g/mol. The highest BCUT2D eigenvalue weighted by Crippen LogP contribution is 2.15. The van der Waals surface area contributed by atoms with E-state index in [1.807, 2.05) is 0 Å². The van der Waals surface area contributed by atoms with E-state index in [-0.39, 0.29) is 30.9 Å². The van der Waals surface area contributed by atoms with Gasteiger partial charge in [0.15, 0.2) is 0 Å². The molecule has 1 amide bonds. The standard InChI is InChI=1S/C15H19NO6/c1-3-21-13(17)11-6-5-10(7-8-16-15(19)20)9-12(11)14(18)22-4-2/h5-6,9,16H,3-4,7-8H2,1-2H3,(H,19,20). The largest absolute Gasteiger partial charge is 0.465 e. The molecule has 120 valence electrons. The fraction of sp³-hybridized carbons (Fsp3) is 0.400. The maximum Gasteiger partial charge on any atom is 0.404 e. The van der Waals surface area contributed by atoms with Gasteiger partial charge in [0, 0.05) is 6.54 Å². The number of benzene rings is 1. The molecule has 0 atom stereocenters. The van der Waals surface area contributed by atoms with Crippen molar-refractivity contribution < 1.29 is 29.0 Å². The highest BCUT2D eigenvalue weighted by molar-refractivity contribution is 6.03. The summed E-state index contributed by atoms with van der Waals surface area (Å²) >= 11 is 0. The number of esters is 2. The lowest BCUT2D eigenvalue weighted by molar-refractivity contribution is 0.0479. The van der Waals surface area contributed by atoms with Crippen LogP contribution in [-0.2, 0) is 15.9 Å². The van der Waals surface area contributed by atoms with Gasteiger partial charge >= 0.3 is 18.0 Å². The summed E-state index contributed by atoms with van der Waals surface area (Å²) in [5, 5.41) is 10.8. The molecule has 1 aromatic carbocycles. The zero-order chi connectivity index (χ0) is 16.5. The number of carbonyl (C=O) groups excluding carboxylic acids is 2. The van der Waals surface area contributed by atoms with Crippen LogP contribution in [0.25, 0.3) is 0 Å². The van der Waals surface area contributed by atoms with Gasteiger partial charge in [-0.15, -0.1) is 0 Å². The lowest BCUT2D eigenvalue weighted by Crippen LogP contribution is -2.23. The monoisotopic (exact) mass is 309 g/mol. The molecule has 0 saturated heterocycles. The molecule has 0 spiro atoms. The summed E-state index contributed by atoms with van der Waals surface area (Å²) in [5.74, 6) is -1.21. The molecule has 22 heavy (non-hydrogen) atoms. The lowest BCUT2D eigenvalue weighted by Gasteiger charge is -2.10. The van der Waals surface area contributed by atoms with Crippen molar-refractivity contribution in [2.75, 3.05) is 19.8 Å². The van der Waals surface area contributed by atoms with Gasteiger partial charge in [-0.1, -0.05) is 6.07 Å². The Labute approximate surface area is 128 Å². The van der Waals surface area contributed by atoms with Gasteiger partial charge in [0.2, 0.25) is 0 Å². The highest BCUT2D eigenvalue weighted by atomic mass is 16.5. The second-order valence-electron chi connectivity index (χ2n) is 4.30. The predicted molar refractivity (Wildman–Crippen MR) is 78.1 cm³/mol. The molecule has 0 aliphatic rings. The van der Waals surface area contributed by atoms with Gasteiger partial charge < -0.3 is 19.9 Å². The fourth-order valence-corrected chi connectivity index (χ4v) is 1.83. The zero-order valence-electron chi connectivity index (χ0n) is 12.5. The first-order valence-electron chi connectivity index (χ1n) is 6.93. The summed E-state index contributed by atoms with van der Waals surface area (Å²) in [7, 11) is 0. The van der Waals surface area contributed by atoms with E-state index in [1.165, 1.54) is 12.1 Å². The normalized spacial score (nSPS) is 9.91. The van der Waals surface area contributed by atoms with Gasteiger partial charge in [-0.25, -0.2) is 14.4 Å². The summed E-state index contributed by atoms with van der Waals surface area (Å²) in [6.07, 6.45) is -0.726. The number of hydrogen-bond donors (Lipinski definition) is 2. The Morgan fingerprint density at radius 2 is 1.64 bits per heavy atom. The summed E-state index contributed by atoms with van der Waals surface area (Å²) in [6, 6.07) is 4.66. The number of amides is 1. The summed E-state index contributed by atoms with van der Waals surface area (Å²) in [4.78, 5) is 34.3. The summed E-state index contributed by atoms with van der Waals surface area (Å²) in [5.41, 5.74) is 0.966. The Hall–Kier alpha value is -2.57. The molecule has 0 aromatic heterocycles. The van der Waals surface area contributed by atoms with Crippen LogP contribution < -0.4 is 5.32 Å². The van der Waals surface area contributed by atoms with E-state index in [0.29, 0.717) is 12.0 Å². The van der Waals surface area contributed by atoms with Crippen molar-refractivity contribution in [1.82, 2.24) is 5.32 Å². The number of hydrogen-bond acceptors (Lipinski definition) is 5. The van der Waals surface area contributed by atoms with Crippen molar-refractivity contribution in [3.63, 3.8) is 0 Å². The van der Waals surface area contributed by atoms with Gasteiger partial charge in [-0.3, -0.25) is 0 Å². The van der Waals surface area contributed by atoms with Crippen molar-refractivity contribution in [2.45, 2.75) is 20.3 Å². The Bertz CT molecular complexity index is 555. The molecule has 0 bridgehead atoms. The van der Waals surface area contributed by atoms with Gasteiger partial charge in [0.25, 0.3) is 0 Å². The number of carboxylic acid groups (broad SMARTS) is 1. The minimum Gasteiger partial charge on any atom is -0.465 e. The van der Waals surface area contributed by atoms with Gasteiger partial charge in [0.1, 0.15) is 0 Å². The molecule has 1 rings (SSSR count). The Kier molecular flexibility index (Phi) is 6.88. The van der Waals surface area contributed by atoms with Crippen molar-refractivity contribution in [3.05, 3.63) is 34.9 Å². The Morgan fingerprint density at radius 3 is 2.18 bits per heavy atom. The van der Waals surface area contributed by atoms with E-state index in [2.05, 4.69) is 5.32 Å².